The summed E-state index contributed by atoms with van der Waals surface area (Å²) in [6.07, 6.45) is 0. The number of hydrogen-bond donors (Lipinski definition) is 1. The highest BCUT2D eigenvalue weighted by molar-refractivity contribution is 7.16. The SMILES string of the molecule is Cc1cc(CN)ccc1CN(C)Cc1ccc(Cl)s1. The van der Waals surface area contributed by atoms with E-state index in [9.17, 15) is 0 Å². The van der Waals surface area contributed by atoms with Crippen LogP contribution < -0.4 is 5.73 Å². The van der Waals surface area contributed by atoms with E-state index in [0.717, 1.165) is 17.4 Å². The quantitative estimate of drug-likeness (QED) is 0.909. The number of thiophene rings is 1. The molecule has 2 rings (SSSR count). The van der Waals surface area contributed by atoms with Crippen LogP contribution in [0.1, 0.15) is 21.6 Å². The smallest absolute Gasteiger partial charge is 0.0931 e. The number of halogens is 1. The monoisotopic (exact) mass is 294 g/mol. The largest absolute Gasteiger partial charge is 0.326 e. The lowest BCUT2D eigenvalue weighted by Crippen LogP contribution is -2.17. The molecule has 0 unspecified atom stereocenters. The number of aryl methyl sites for hydroxylation is 1. The van der Waals surface area contributed by atoms with Crippen molar-refractivity contribution in [2.75, 3.05) is 7.05 Å². The Balaban J connectivity index is 2.00. The highest BCUT2D eigenvalue weighted by atomic mass is 35.5. The summed E-state index contributed by atoms with van der Waals surface area (Å²) in [6.45, 7) is 4.61. The van der Waals surface area contributed by atoms with E-state index in [-0.39, 0.29) is 0 Å². The summed E-state index contributed by atoms with van der Waals surface area (Å²) in [7, 11) is 2.13. The van der Waals surface area contributed by atoms with E-state index in [1.54, 1.807) is 11.3 Å². The van der Waals surface area contributed by atoms with Crippen molar-refractivity contribution in [3.8, 4) is 0 Å². The normalized spacial score (nSPS) is 11.2. The molecule has 1 aromatic carbocycles. The van der Waals surface area contributed by atoms with Crippen LogP contribution in [0.25, 0.3) is 0 Å². The van der Waals surface area contributed by atoms with E-state index in [1.165, 1.54) is 21.6 Å². The molecule has 4 heteroatoms. The average Bonchev–Trinajstić information content (AvgIpc) is 2.77. The molecule has 0 spiro atoms. The molecule has 2 aromatic rings. The van der Waals surface area contributed by atoms with Crippen molar-refractivity contribution in [1.82, 2.24) is 4.90 Å². The molecule has 0 amide bonds. The van der Waals surface area contributed by atoms with Gasteiger partial charge in [-0.1, -0.05) is 29.8 Å². The second-order valence-electron chi connectivity index (χ2n) is 4.84. The third kappa shape index (κ3) is 4.05. The minimum atomic E-state index is 0.602. The van der Waals surface area contributed by atoms with Gasteiger partial charge in [-0.3, -0.25) is 4.90 Å². The predicted octanol–water partition coefficient (Wildman–Crippen LogP) is 3.80. The van der Waals surface area contributed by atoms with Gasteiger partial charge in [0.05, 0.1) is 4.34 Å². The van der Waals surface area contributed by atoms with Crippen LogP contribution in [-0.2, 0) is 19.6 Å². The van der Waals surface area contributed by atoms with Gasteiger partial charge in [0.1, 0.15) is 0 Å². The number of benzene rings is 1. The first-order chi connectivity index (χ1) is 9.08. The standard InChI is InChI=1S/C15H19ClN2S/c1-11-7-12(8-17)3-4-13(11)9-18(2)10-14-5-6-15(16)19-14/h3-7H,8-10,17H2,1-2H3. The molecular weight excluding hydrogens is 276 g/mol. The van der Waals surface area contributed by atoms with Crippen LogP contribution in [0, 0.1) is 6.92 Å². The Labute approximate surface area is 123 Å². The Morgan fingerprint density at radius 2 is 2.00 bits per heavy atom. The van der Waals surface area contributed by atoms with Crippen molar-refractivity contribution in [2.24, 2.45) is 5.73 Å². The van der Waals surface area contributed by atoms with Gasteiger partial charge in [-0.25, -0.2) is 0 Å². The lowest BCUT2D eigenvalue weighted by Gasteiger charge is -2.17. The molecule has 0 aliphatic heterocycles. The Bertz CT molecular complexity index is 551. The molecule has 0 atom stereocenters. The molecule has 2 nitrogen and oxygen atoms in total. The first-order valence-electron chi connectivity index (χ1n) is 6.29. The Morgan fingerprint density at radius 3 is 2.58 bits per heavy atom. The predicted molar refractivity (Wildman–Crippen MR) is 83.6 cm³/mol. The zero-order chi connectivity index (χ0) is 13.8. The fraction of sp³-hybridized carbons (Fsp3) is 0.333. The molecular formula is C15H19ClN2S. The maximum absolute atomic E-state index is 5.95. The molecule has 0 saturated carbocycles. The molecule has 0 fully saturated rings. The Morgan fingerprint density at radius 1 is 1.21 bits per heavy atom. The van der Waals surface area contributed by atoms with Crippen LogP contribution >= 0.6 is 22.9 Å². The van der Waals surface area contributed by atoms with Crippen molar-refractivity contribution in [1.29, 1.82) is 0 Å². The van der Waals surface area contributed by atoms with Crippen LogP contribution in [0.3, 0.4) is 0 Å². The lowest BCUT2D eigenvalue weighted by atomic mass is 10.0. The summed E-state index contributed by atoms with van der Waals surface area (Å²) in [5, 5.41) is 0. The number of nitrogens with zero attached hydrogens (tertiary/aromatic N) is 1. The molecule has 2 N–H and O–H groups in total. The van der Waals surface area contributed by atoms with Gasteiger partial charge < -0.3 is 5.73 Å². The lowest BCUT2D eigenvalue weighted by molar-refractivity contribution is 0.321. The second-order valence-corrected chi connectivity index (χ2v) is 6.64. The van der Waals surface area contributed by atoms with Crippen molar-refractivity contribution in [3.05, 3.63) is 56.2 Å². The third-order valence-corrected chi connectivity index (χ3v) is 4.35. The maximum atomic E-state index is 5.95. The maximum Gasteiger partial charge on any atom is 0.0931 e. The minimum absolute atomic E-state index is 0.602. The molecule has 0 radical (unpaired) electrons. The van der Waals surface area contributed by atoms with Crippen molar-refractivity contribution < 1.29 is 0 Å². The summed E-state index contributed by atoms with van der Waals surface area (Å²) >= 11 is 7.59. The minimum Gasteiger partial charge on any atom is -0.326 e. The fourth-order valence-corrected chi connectivity index (χ4v) is 3.28. The van der Waals surface area contributed by atoms with E-state index < -0.39 is 0 Å². The van der Waals surface area contributed by atoms with E-state index in [4.69, 9.17) is 17.3 Å². The second kappa shape index (κ2) is 6.53. The van der Waals surface area contributed by atoms with Gasteiger partial charge in [0.2, 0.25) is 0 Å². The van der Waals surface area contributed by atoms with Crippen molar-refractivity contribution in [2.45, 2.75) is 26.6 Å². The van der Waals surface area contributed by atoms with E-state index in [1.807, 2.05) is 6.07 Å². The van der Waals surface area contributed by atoms with E-state index in [0.29, 0.717) is 6.54 Å². The molecule has 0 aliphatic rings. The summed E-state index contributed by atoms with van der Waals surface area (Å²) < 4.78 is 0.854. The van der Waals surface area contributed by atoms with E-state index in [2.05, 4.69) is 43.1 Å². The highest BCUT2D eigenvalue weighted by Crippen LogP contribution is 2.23. The topological polar surface area (TPSA) is 29.3 Å². The molecule has 1 aromatic heterocycles. The molecule has 0 aliphatic carbocycles. The number of rotatable bonds is 5. The van der Waals surface area contributed by atoms with Crippen LogP contribution in [0.15, 0.2) is 30.3 Å². The number of nitrogens with two attached hydrogens (primary N) is 1. The number of hydrogen-bond acceptors (Lipinski definition) is 3. The van der Waals surface area contributed by atoms with Crippen LogP contribution in [0.4, 0.5) is 0 Å². The Kier molecular flexibility index (Phi) is 4.99. The van der Waals surface area contributed by atoms with E-state index >= 15 is 0 Å². The van der Waals surface area contributed by atoms with Gasteiger partial charge in [-0.05, 0) is 42.8 Å². The summed E-state index contributed by atoms with van der Waals surface area (Å²) in [5.74, 6) is 0. The van der Waals surface area contributed by atoms with Gasteiger partial charge in [0.15, 0.2) is 0 Å². The Hall–Kier alpha value is -0.870. The van der Waals surface area contributed by atoms with Gasteiger partial charge in [-0.2, -0.15) is 0 Å². The van der Waals surface area contributed by atoms with Crippen molar-refractivity contribution in [3.63, 3.8) is 0 Å². The summed E-state index contributed by atoms with van der Waals surface area (Å²) in [5.41, 5.74) is 9.50. The van der Waals surface area contributed by atoms with Gasteiger partial charge in [-0.15, -0.1) is 11.3 Å². The fourth-order valence-electron chi connectivity index (χ4n) is 2.11. The van der Waals surface area contributed by atoms with Gasteiger partial charge >= 0.3 is 0 Å². The van der Waals surface area contributed by atoms with Crippen molar-refractivity contribution >= 4 is 22.9 Å². The first kappa shape index (κ1) is 14.5. The van der Waals surface area contributed by atoms with Gasteiger partial charge in [0, 0.05) is 24.5 Å². The summed E-state index contributed by atoms with van der Waals surface area (Å²) in [4.78, 5) is 3.59. The molecule has 0 saturated heterocycles. The summed E-state index contributed by atoms with van der Waals surface area (Å²) in [6, 6.07) is 10.5. The zero-order valence-electron chi connectivity index (χ0n) is 11.3. The zero-order valence-corrected chi connectivity index (χ0v) is 12.9. The molecule has 0 bridgehead atoms. The first-order valence-corrected chi connectivity index (χ1v) is 7.49. The average molecular weight is 295 g/mol. The van der Waals surface area contributed by atoms with Crippen LogP contribution in [-0.4, -0.2) is 11.9 Å². The third-order valence-electron chi connectivity index (χ3n) is 3.14. The molecule has 19 heavy (non-hydrogen) atoms. The van der Waals surface area contributed by atoms with Crippen LogP contribution in [0.5, 0.6) is 0 Å². The molecule has 1 heterocycles. The van der Waals surface area contributed by atoms with Gasteiger partial charge in [0.25, 0.3) is 0 Å². The highest BCUT2D eigenvalue weighted by Gasteiger charge is 2.06. The van der Waals surface area contributed by atoms with Crippen LogP contribution in [0.2, 0.25) is 4.34 Å². The molecule has 102 valence electrons.